The summed E-state index contributed by atoms with van der Waals surface area (Å²) in [7, 11) is 0. The predicted molar refractivity (Wildman–Crippen MR) is 109 cm³/mol. The van der Waals surface area contributed by atoms with Crippen molar-refractivity contribution < 1.29 is 9.53 Å². The zero-order chi connectivity index (χ0) is 18.6. The molecule has 140 valence electrons. The van der Waals surface area contributed by atoms with Crippen LogP contribution in [0.25, 0.3) is 0 Å². The van der Waals surface area contributed by atoms with Crippen LogP contribution >= 0.6 is 0 Å². The van der Waals surface area contributed by atoms with Gasteiger partial charge in [0.1, 0.15) is 5.75 Å². The molecule has 2 rings (SSSR count). The molecule has 3 heteroatoms. The summed E-state index contributed by atoms with van der Waals surface area (Å²) < 4.78 is 5.76. The van der Waals surface area contributed by atoms with Crippen LogP contribution in [-0.2, 0) is 6.42 Å². The molecule has 0 fully saturated rings. The molecule has 3 nitrogen and oxygen atoms in total. The number of hydrogen-bond acceptors (Lipinski definition) is 2. The monoisotopic (exact) mass is 353 g/mol. The van der Waals surface area contributed by atoms with E-state index in [-0.39, 0.29) is 5.91 Å². The zero-order valence-corrected chi connectivity index (χ0v) is 16.1. The number of aryl methyl sites for hydroxylation is 1. The van der Waals surface area contributed by atoms with E-state index in [1.165, 1.54) is 37.7 Å². The quantitative estimate of drug-likeness (QED) is 0.486. The Bertz CT molecular complexity index is 647. The molecule has 26 heavy (non-hydrogen) atoms. The number of hydrogen-bond donors (Lipinski definition) is 1. The molecule has 0 aliphatic rings. The van der Waals surface area contributed by atoms with Gasteiger partial charge in [-0.15, -0.1) is 0 Å². The van der Waals surface area contributed by atoms with Crippen molar-refractivity contribution in [1.29, 1.82) is 0 Å². The number of carbonyl (C=O) groups excluding carboxylic acids is 1. The Hall–Kier alpha value is -2.29. The number of benzene rings is 2. The van der Waals surface area contributed by atoms with Crippen molar-refractivity contribution in [3.05, 3.63) is 59.7 Å². The fourth-order valence-electron chi connectivity index (χ4n) is 2.80. The topological polar surface area (TPSA) is 38.3 Å². The Morgan fingerprint density at radius 2 is 1.50 bits per heavy atom. The SMILES string of the molecule is CCCCCCCCOc1ccc(C(=O)Nc2ccc(CC)cc2)cc1. The summed E-state index contributed by atoms with van der Waals surface area (Å²) in [5.74, 6) is 0.721. The first-order chi connectivity index (χ1) is 12.7. The van der Waals surface area contributed by atoms with Gasteiger partial charge in [-0.1, -0.05) is 58.1 Å². The summed E-state index contributed by atoms with van der Waals surface area (Å²) in [6.07, 6.45) is 8.51. The molecule has 0 aliphatic heterocycles. The van der Waals surface area contributed by atoms with Gasteiger partial charge in [-0.2, -0.15) is 0 Å². The van der Waals surface area contributed by atoms with Gasteiger partial charge in [-0.05, 0) is 54.8 Å². The second-order valence-corrected chi connectivity index (χ2v) is 6.65. The van der Waals surface area contributed by atoms with Crippen molar-refractivity contribution >= 4 is 11.6 Å². The van der Waals surface area contributed by atoms with Crippen molar-refractivity contribution in [3.63, 3.8) is 0 Å². The van der Waals surface area contributed by atoms with Crippen molar-refractivity contribution in [1.82, 2.24) is 0 Å². The maximum Gasteiger partial charge on any atom is 0.255 e. The van der Waals surface area contributed by atoms with Crippen LogP contribution < -0.4 is 10.1 Å². The predicted octanol–water partition coefficient (Wildman–Crippen LogP) is 6.24. The minimum absolute atomic E-state index is 0.100. The van der Waals surface area contributed by atoms with Crippen LogP contribution in [-0.4, -0.2) is 12.5 Å². The maximum atomic E-state index is 12.3. The number of carbonyl (C=O) groups is 1. The number of nitrogens with one attached hydrogen (secondary N) is 1. The Morgan fingerprint density at radius 3 is 2.15 bits per heavy atom. The van der Waals surface area contributed by atoms with Gasteiger partial charge in [0.2, 0.25) is 0 Å². The van der Waals surface area contributed by atoms with Crippen molar-refractivity contribution in [2.45, 2.75) is 58.8 Å². The highest BCUT2D eigenvalue weighted by Gasteiger charge is 2.06. The second kappa shape index (κ2) is 11.3. The fourth-order valence-corrected chi connectivity index (χ4v) is 2.80. The van der Waals surface area contributed by atoms with Crippen LogP contribution in [0.5, 0.6) is 5.75 Å². The Kier molecular flexibility index (Phi) is 8.74. The molecule has 0 spiro atoms. The van der Waals surface area contributed by atoms with Crippen molar-refractivity contribution in [2.75, 3.05) is 11.9 Å². The zero-order valence-electron chi connectivity index (χ0n) is 16.1. The molecule has 0 radical (unpaired) electrons. The molecular formula is C23H31NO2. The van der Waals surface area contributed by atoms with Gasteiger partial charge in [0.15, 0.2) is 0 Å². The Balaban J connectivity index is 1.74. The molecule has 2 aromatic rings. The van der Waals surface area contributed by atoms with Gasteiger partial charge >= 0.3 is 0 Å². The third-order valence-corrected chi connectivity index (χ3v) is 4.50. The van der Waals surface area contributed by atoms with Crippen LogP contribution in [0.15, 0.2) is 48.5 Å². The highest BCUT2D eigenvalue weighted by atomic mass is 16.5. The van der Waals surface area contributed by atoms with E-state index in [0.717, 1.165) is 30.9 Å². The van der Waals surface area contributed by atoms with Gasteiger partial charge in [0.25, 0.3) is 5.91 Å². The van der Waals surface area contributed by atoms with Crippen LogP contribution in [0.2, 0.25) is 0 Å². The van der Waals surface area contributed by atoms with E-state index in [1.807, 2.05) is 48.5 Å². The third-order valence-electron chi connectivity index (χ3n) is 4.50. The number of unbranched alkanes of at least 4 members (excludes halogenated alkanes) is 5. The van der Waals surface area contributed by atoms with E-state index in [4.69, 9.17) is 4.74 Å². The smallest absolute Gasteiger partial charge is 0.255 e. The van der Waals surface area contributed by atoms with Gasteiger partial charge in [-0.3, -0.25) is 4.79 Å². The first-order valence-electron chi connectivity index (χ1n) is 9.86. The molecule has 0 bridgehead atoms. The second-order valence-electron chi connectivity index (χ2n) is 6.65. The number of anilines is 1. The lowest BCUT2D eigenvalue weighted by Gasteiger charge is -2.08. The van der Waals surface area contributed by atoms with Crippen LogP contribution in [0.1, 0.15) is 68.3 Å². The van der Waals surface area contributed by atoms with Crippen LogP contribution in [0, 0.1) is 0 Å². The summed E-state index contributed by atoms with van der Waals surface area (Å²) in [6, 6.07) is 15.3. The van der Waals surface area contributed by atoms with Crippen LogP contribution in [0.4, 0.5) is 5.69 Å². The average molecular weight is 354 g/mol. The van der Waals surface area contributed by atoms with E-state index in [1.54, 1.807) is 0 Å². The molecule has 2 aromatic carbocycles. The first-order valence-corrected chi connectivity index (χ1v) is 9.86. The maximum absolute atomic E-state index is 12.3. The van der Waals surface area contributed by atoms with Gasteiger partial charge in [0.05, 0.1) is 6.61 Å². The van der Waals surface area contributed by atoms with E-state index in [2.05, 4.69) is 19.2 Å². The molecular weight excluding hydrogens is 322 g/mol. The lowest BCUT2D eigenvalue weighted by atomic mass is 10.1. The summed E-state index contributed by atoms with van der Waals surface area (Å²) in [6.45, 7) is 5.08. The van der Waals surface area contributed by atoms with Gasteiger partial charge in [0, 0.05) is 11.3 Å². The third kappa shape index (κ3) is 6.91. The van der Waals surface area contributed by atoms with E-state index in [9.17, 15) is 4.79 Å². The molecule has 0 saturated carbocycles. The summed E-state index contributed by atoms with van der Waals surface area (Å²) in [5, 5.41) is 2.93. The molecule has 0 saturated heterocycles. The normalized spacial score (nSPS) is 10.5. The van der Waals surface area contributed by atoms with Crippen LogP contribution in [0.3, 0.4) is 0 Å². The van der Waals surface area contributed by atoms with Crippen molar-refractivity contribution in [3.8, 4) is 5.75 Å². The van der Waals surface area contributed by atoms with E-state index >= 15 is 0 Å². The average Bonchev–Trinajstić information content (AvgIpc) is 2.68. The molecule has 1 N–H and O–H groups in total. The van der Waals surface area contributed by atoms with Gasteiger partial charge < -0.3 is 10.1 Å². The van der Waals surface area contributed by atoms with Gasteiger partial charge in [-0.25, -0.2) is 0 Å². The molecule has 0 aliphatic carbocycles. The number of rotatable bonds is 11. The summed E-state index contributed by atoms with van der Waals surface area (Å²) in [4.78, 5) is 12.3. The molecule has 0 atom stereocenters. The highest BCUT2D eigenvalue weighted by molar-refractivity contribution is 6.04. The van der Waals surface area contributed by atoms with E-state index in [0.29, 0.717) is 5.56 Å². The lowest BCUT2D eigenvalue weighted by Crippen LogP contribution is -2.11. The summed E-state index contributed by atoms with van der Waals surface area (Å²) >= 11 is 0. The first kappa shape index (κ1) is 20.0. The Labute approximate surface area is 157 Å². The highest BCUT2D eigenvalue weighted by Crippen LogP contribution is 2.16. The largest absolute Gasteiger partial charge is 0.494 e. The minimum Gasteiger partial charge on any atom is -0.494 e. The lowest BCUT2D eigenvalue weighted by molar-refractivity contribution is 0.102. The standard InChI is InChI=1S/C23H31NO2/c1-3-5-6-7-8-9-18-26-22-16-12-20(13-17-22)23(25)24-21-14-10-19(4-2)11-15-21/h10-17H,3-9,18H2,1-2H3,(H,24,25). The molecule has 1 amide bonds. The molecule has 0 heterocycles. The minimum atomic E-state index is -0.100. The fraction of sp³-hybridized carbons (Fsp3) is 0.435. The van der Waals surface area contributed by atoms with E-state index < -0.39 is 0 Å². The number of ether oxygens (including phenoxy) is 1. The van der Waals surface area contributed by atoms with Crippen molar-refractivity contribution in [2.24, 2.45) is 0 Å². The molecule has 0 unspecified atom stereocenters. The Morgan fingerprint density at radius 1 is 0.846 bits per heavy atom. The summed E-state index contributed by atoms with van der Waals surface area (Å²) in [5.41, 5.74) is 2.71. The number of amides is 1. The molecule has 0 aromatic heterocycles.